The van der Waals surface area contributed by atoms with Crippen LogP contribution in [0, 0.1) is 5.82 Å². The Bertz CT molecular complexity index is 509. The summed E-state index contributed by atoms with van der Waals surface area (Å²) in [6, 6.07) is 15.0. The van der Waals surface area contributed by atoms with Gasteiger partial charge in [-0.05, 0) is 35.4 Å². The quantitative estimate of drug-likeness (QED) is 0.906. The van der Waals surface area contributed by atoms with Gasteiger partial charge in [-0.1, -0.05) is 24.3 Å². The lowest BCUT2D eigenvalue weighted by molar-refractivity contribution is 0.625. The molecule has 2 nitrogen and oxygen atoms in total. The number of nitrogens with one attached hydrogen (secondary N) is 1. The first kappa shape index (κ1) is 16.5. The van der Waals surface area contributed by atoms with E-state index in [-0.39, 0.29) is 18.2 Å². The maximum atomic E-state index is 12.8. The van der Waals surface area contributed by atoms with Gasteiger partial charge in [-0.15, -0.1) is 12.4 Å². The van der Waals surface area contributed by atoms with Gasteiger partial charge in [-0.3, -0.25) is 0 Å². The molecule has 2 aromatic rings. The van der Waals surface area contributed by atoms with Gasteiger partial charge in [0, 0.05) is 32.9 Å². The minimum absolute atomic E-state index is 0. The van der Waals surface area contributed by atoms with E-state index in [4.69, 9.17) is 0 Å². The van der Waals surface area contributed by atoms with Crippen molar-refractivity contribution in [1.29, 1.82) is 0 Å². The molecule has 0 aliphatic rings. The molecule has 0 bridgehead atoms. The first-order valence-electron chi connectivity index (χ1n) is 6.36. The maximum absolute atomic E-state index is 12.8. The van der Waals surface area contributed by atoms with Gasteiger partial charge in [0.2, 0.25) is 0 Å². The largest absolute Gasteiger partial charge is 0.378 e. The number of nitrogens with zero attached hydrogens (tertiary/aromatic N) is 1. The third kappa shape index (κ3) is 4.83. The molecule has 0 radical (unpaired) electrons. The highest BCUT2D eigenvalue weighted by Gasteiger charge is 1.97. The van der Waals surface area contributed by atoms with Crippen molar-refractivity contribution in [2.75, 3.05) is 19.0 Å². The first-order chi connectivity index (χ1) is 9.15. The summed E-state index contributed by atoms with van der Waals surface area (Å²) in [5, 5.41) is 3.35. The van der Waals surface area contributed by atoms with Gasteiger partial charge < -0.3 is 10.2 Å². The van der Waals surface area contributed by atoms with E-state index >= 15 is 0 Å². The lowest BCUT2D eigenvalue weighted by Crippen LogP contribution is -2.13. The lowest BCUT2D eigenvalue weighted by atomic mass is 10.2. The average Bonchev–Trinajstić information content (AvgIpc) is 2.41. The van der Waals surface area contributed by atoms with Crippen molar-refractivity contribution in [3.05, 3.63) is 65.5 Å². The zero-order valence-electron chi connectivity index (χ0n) is 11.8. The minimum atomic E-state index is -0.192. The highest BCUT2D eigenvalue weighted by Crippen LogP contribution is 2.12. The fraction of sp³-hybridized carbons (Fsp3) is 0.250. The van der Waals surface area contributed by atoms with E-state index in [2.05, 4.69) is 34.5 Å². The fourth-order valence-corrected chi connectivity index (χ4v) is 1.87. The Kier molecular flexibility index (Phi) is 6.49. The zero-order valence-corrected chi connectivity index (χ0v) is 12.6. The maximum Gasteiger partial charge on any atom is 0.123 e. The SMILES string of the molecule is CN(C)c1ccc(CNCc2ccc(F)cc2)cc1.Cl. The topological polar surface area (TPSA) is 15.3 Å². The molecule has 0 aromatic heterocycles. The number of benzene rings is 2. The molecular weight excluding hydrogens is 275 g/mol. The molecule has 0 aliphatic carbocycles. The molecule has 0 unspecified atom stereocenters. The average molecular weight is 295 g/mol. The molecular formula is C16H20ClFN2. The Hall–Kier alpha value is -1.58. The highest BCUT2D eigenvalue weighted by atomic mass is 35.5. The monoisotopic (exact) mass is 294 g/mol. The van der Waals surface area contributed by atoms with Crippen molar-refractivity contribution in [2.45, 2.75) is 13.1 Å². The summed E-state index contributed by atoms with van der Waals surface area (Å²) in [4.78, 5) is 2.08. The molecule has 0 spiro atoms. The number of anilines is 1. The summed E-state index contributed by atoms with van der Waals surface area (Å²) in [6.07, 6.45) is 0. The molecule has 0 saturated heterocycles. The van der Waals surface area contributed by atoms with Crippen LogP contribution in [-0.4, -0.2) is 14.1 Å². The van der Waals surface area contributed by atoms with Crippen LogP contribution < -0.4 is 10.2 Å². The molecule has 108 valence electrons. The van der Waals surface area contributed by atoms with Crippen LogP contribution in [-0.2, 0) is 13.1 Å². The molecule has 0 fully saturated rings. The van der Waals surface area contributed by atoms with Crippen LogP contribution >= 0.6 is 12.4 Å². The van der Waals surface area contributed by atoms with Gasteiger partial charge >= 0.3 is 0 Å². The van der Waals surface area contributed by atoms with E-state index in [1.807, 2.05) is 14.1 Å². The highest BCUT2D eigenvalue weighted by molar-refractivity contribution is 5.85. The number of hydrogen-bond acceptors (Lipinski definition) is 2. The van der Waals surface area contributed by atoms with E-state index in [1.165, 1.54) is 23.4 Å². The third-order valence-corrected chi connectivity index (χ3v) is 3.02. The number of halogens is 2. The smallest absolute Gasteiger partial charge is 0.123 e. The van der Waals surface area contributed by atoms with Crippen molar-refractivity contribution in [3.63, 3.8) is 0 Å². The Morgan fingerprint density at radius 2 is 1.30 bits per heavy atom. The minimum Gasteiger partial charge on any atom is -0.378 e. The van der Waals surface area contributed by atoms with Crippen molar-refractivity contribution < 1.29 is 4.39 Å². The molecule has 2 rings (SSSR count). The number of rotatable bonds is 5. The van der Waals surface area contributed by atoms with Gasteiger partial charge in [-0.2, -0.15) is 0 Å². The first-order valence-corrected chi connectivity index (χ1v) is 6.36. The zero-order chi connectivity index (χ0) is 13.7. The summed E-state index contributed by atoms with van der Waals surface area (Å²) >= 11 is 0. The van der Waals surface area contributed by atoms with Crippen molar-refractivity contribution >= 4 is 18.1 Å². The Morgan fingerprint density at radius 1 is 0.850 bits per heavy atom. The lowest BCUT2D eigenvalue weighted by Gasteiger charge is -2.13. The Labute approximate surface area is 126 Å². The standard InChI is InChI=1S/C16H19FN2.ClH/c1-19(2)16-9-5-14(6-10-16)12-18-11-13-3-7-15(17)8-4-13;/h3-10,18H,11-12H2,1-2H3;1H. The van der Waals surface area contributed by atoms with Crippen molar-refractivity contribution in [2.24, 2.45) is 0 Å². The van der Waals surface area contributed by atoms with Crippen LogP contribution in [0.1, 0.15) is 11.1 Å². The second-order valence-electron chi connectivity index (χ2n) is 4.79. The van der Waals surface area contributed by atoms with Gasteiger partial charge in [0.1, 0.15) is 5.82 Å². The van der Waals surface area contributed by atoms with Gasteiger partial charge in [0.15, 0.2) is 0 Å². The molecule has 2 aromatic carbocycles. The molecule has 20 heavy (non-hydrogen) atoms. The van der Waals surface area contributed by atoms with Gasteiger partial charge in [-0.25, -0.2) is 4.39 Å². The van der Waals surface area contributed by atoms with Gasteiger partial charge in [0.05, 0.1) is 0 Å². The Morgan fingerprint density at radius 3 is 1.75 bits per heavy atom. The molecule has 0 heterocycles. The predicted octanol–water partition coefficient (Wildman–Crippen LogP) is 3.60. The summed E-state index contributed by atoms with van der Waals surface area (Å²) in [6.45, 7) is 1.56. The molecule has 1 N–H and O–H groups in total. The van der Waals surface area contributed by atoms with E-state index in [0.29, 0.717) is 0 Å². The summed E-state index contributed by atoms with van der Waals surface area (Å²) in [7, 11) is 4.06. The van der Waals surface area contributed by atoms with Crippen LogP contribution in [0.2, 0.25) is 0 Å². The molecule has 0 atom stereocenters. The third-order valence-electron chi connectivity index (χ3n) is 3.02. The summed E-state index contributed by atoms with van der Waals surface area (Å²) in [5.41, 5.74) is 3.53. The van der Waals surface area contributed by atoms with E-state index < -0.39 is 0 Å². The van der Waals surface area contributed by atoms with E-state index in [1.54, 1.807) is 12.1 Å². The summed E-state index contributed by atoms with van der Waals surface area (Å²) < 4.78 is 12.8. The van der Waals surface area contributed by atoms with Gasteiger partial charge in [0.25, 0.3) is 0 Å². The fourth-order valence-electron chi connectivity index (χ4n) is 1.87. The van der Waals surface area contributed by atoms with Crippen LogP contribution in [0.4, 0.5) is 10.1 Å². The van der Waals surface area contributed by atoms with E-state index in [0.717, 1.165) is 18.7 Å². The molecule has 4 heteroatoms. The second kappa shape index (κ2) is 7.88. The summed E-state index contributed by atoms with van der Waals surface area (Å²) in [5.74, 6) is -0.192. The van der Waals surface area contributed by atoms with Crippen molar-refractivity contribution in [3.8, 4) is 0 Å². The van der Waals surface area contributed by atoms with Crippen molar-refractivity contribution in [1.82, 2.24) is 5.32 Å². The van der Waals surface area contributed by atoms with Crippen LogP contribution in [0.15, 0.2) is 48.5 Å². The molecule has 0 saturated carbocycles. The Balaban J connectivity index is 0.00000200. The second-order valence-corrected chi connectivity index (χ2v) is 4.79. The van der Waals surface area contributed by atoms with E-state index in [9.17, 15) is 4.39 Å². The molecule has 0 aliphatic heterocycles. The molecule has 0 amide bonds. The predicted molar refractivity (Wildman–Crippen MR) is 85.0 cm³/mol. The van der Waals surface area contributed by atoms with Crippen LogP contribution in [0.3, 0.4) is 0 Å². The normalized spacial score (nSPS) is 9.95. The van der Waals surface area contributed by atoms with Crippen LogP contribution in [0.25, 0.3) is 0 Å². The number of hydrogen-bond donors (Lipinski definition) is 1. The van der Waals surface area contributed by atoms with Crippen LogP contribution in [0.5, 0.6) is 0 Å².